The minimum absolute atomic E-state index is 0.0291. The van der Waals surface area contributed by atoms with Crippen LogP contribution in [-0.4, -0.2) is 20.4 Å². The Morgan fingerprint density at radius 3 is 0.927 bits per heavy atom. The number of benzene rings is 17. The molecule has 0 radical (unpaired) electrons. The topological polar surface area (TPSA) is 24.5 Å². The fourth-order valence-corrected chi connectivity index (χ4v) is 16.1. The van der Waals surface area contributed by atoms with Gasteiger partial charge in [0, 0.05) is 94.9 Å². The number of para-hydroxylation sites is 7. The molecule has 7 heteroatoms. The summed E-state index contributed by atoms with van der Waals surface area (Å²) in [4.78, 5) is 5.38. The third-order valence-corrected chi connectivity index (χ3v) is 20.8. The van der Waals surface area contributed by atoms with E-state index in [4.69, 9.17) is 9.60 Å². The van der Waals surface area contributed by atoms with Crippen LogP contribution in [0.5, 0.6) is 0 Å². The lowest BCUT2D eigenvalue weighted by molar-refractivity contribution is 1.15. The lowest BCUT2D eigenvalue weighted by atomic mass is 9.33. The van der Waals surface area contributed by atoms with E-state index in [1.807, 2.05) is 180 Å². The second kappa shape index (κ2) is 25.2. The van der Waals surface area contributed by atoms with Crippen LogP contribution >= 0.6 is 0 Å². The third kappa shape index (κ3) is 10.0. The zero-order valence-corrected chi connectivity index (χ0v) is 57.2. The maximum atomic E-state index is 10.2. The summed E-state index contributed by atoms with van der Waals surface area (Å²) in [7, 11) is 0. The van der Waals surface area contributed by atoms with Gasteiger partial charge in [0.15, 0.2) is 0 Å². The molecule has 0 saturated carbocycles. The van der Waals surface area contributed by atoms with E-state index in [9.17, 15) is 30.2 Å². The first-order valence-corrected chi connectivity index (χ1v) is 35.2. The van der Waals surface area contributed by atoms with Crippen molar-refractivity contribution in [3.63, 3.8) is 0 Å². The molecule has 5 heterocycles. The van der Waals surface area contributed by atoms with Gasteiger partial charge in [0.05, 0.1) is 78.5 Å². The van der Waals surface area contributed by atoms with Gasteiger partial charge in [-0.1, -0.05) is 260 Å². The quantitative estimate of drug-likeness (QED) is 0.114. The average Bonchev–Trinajstić information content (AvgIpc) is 1.39. The predicted molar refractivity (Wildman–Crippen MR) is 460 cm³/mol. The molecular formula is C102H67BN6. The zero-order valence-electron chi connectivity index (χ0n) is 86.2. The summed E-state index contributed by atoms with van der Waals surface area (Å²) in [5.74, 6) is 0. The molecule has 0 atom stereocenters. The Hall–Kier alpha value is -14.4. The molecule has 0 saturated heterocycles. The van der Waals surface area contributed by atoms with Crippen LogP contribution in [0.3, 0.4) is 0 Å². The Morgan fingerprint density at radius 1 is 0.220 bits per heavy atom. The molecule has 6 nitrogen and oxygen atoms in total. The number of aromatic nitrogens is 3. The van der Waals surface area contributed by atoms with Gasteiger partial charge in [-0.2, -0.15) is 0 Å². The van der Waals surface area contributed by atoms with Gasteiger partial charge in [0.25, 0.3) is 6.71 Å². The van der Waals surface area contributed by atoms with Crippen LogP contribution in [-0.2, 0) is 0 Å². The number of fused-ring (bicyclic) bond motifs is 13. The summed E-state index contributed by atoms with van der Waals surface area (Å²) in [6.45, 7) is -1.09. The van der Waals surface area contributed by atoms with Crippen molar-refractivity contribution in [2.24, 2.45) is 0 Å². The van der Waals surface area contributed by atoms with Crippen molar-refractivity contribution in [3.8, 4) is 61.6 Å². The van der Waals surface area contributed by atoms with Crippen molar-refractivity contribution < 1.29 is 39.8 Å². The van der Waals surface area contributed by atoms with Crippen LogP contribution in [0.4, 0.5) is 51.2 Å². The molecule has 0 bridgehead atoms. The molecule has 20 aromatic rings. The van der Waals surface area contributed by atoms with Crippen LogP contribution < -0.4 is 31.1 Å². The molecule has 22 rings (SSSR count). The van der Waals surface area contributed by atoms with Crippen molar-refractivity contribution in [3.05, 3.63) is 406 Å². The molecule has 3 aromatic heterocycles. The molecular weight excluding hydrogens is 1320 g/mol. The van der Waals surface area contributed by atoms with Crippen LogP contribution in [0.25, 0.3) is 127 Å². The minimum atomic E-state index is -1.09. The van der Waals surface area contributed by atoms with E-state index >= 15 is 0 Å². The van der Waals surface area contributed by atoms with E-state index in [0.717, 1.165) is 22.3 Å². The van der Waals surface area contributed by atoms with Gasteiger partial charge < -0.3 is 28.4 Å². The first kappa shape index (κ1) is 39.6. The van der Waals surface area contributed by atoms with E-state index < -0.39 is 188 Å². The first-order chi connectivity index (χ1) is 66.1. The summed E-state index contributed by atoms with van der Waals surface area (Å²) in [5.41, 5.74) is 7.94. The highest BCUT2D eigenvalue weighted by Crippen LogP contribution is 2.51. The van der Waals surface area contributed by atoms with Crippen LogP contribution in [0.1, 0.15) is 39.8 Å². The Morgan fingerprint density at radius 2 is 0.532 bits per heavy atom. The molecule has 0 unspecified atom stereocenters. The summed E-state index contributed by atoms with van der Waals surface area (Å²) >= 11 is 0. The summed E-state index contributed by atoms with van der Waals surface area (Å²) in [6.07, 6.45) is 0. The van der Waals surface area contributed by atoms with Gasteiger partial charge in [-0.25, -0.2) is 0 Å². The van der Waals surface area contributed by atoms with Gasteiger partial charge in [-0.3, -0.25) is 0 Å². The third-order valence-electron chi connectivity index (χ3n) is 20.8. The Balaban J connectivity index is 0.924. The maximum absolute atomic E-state index is 10.2. The van der Waals surface area contributed by atoms with Gasteiger partial charge in [0.1, 0.15) is 0 Å². The smallest absolute Gasteiger partial charge is 0.252 e. The largest absolute Gasteiger partial charge is 0.311 e. The lowest BCUT2D eigenvalue weighted by Crippen LogP contribution is -2.61. The molecule has 0 spiro atoms. The first-order valence-electron chi connectivity index (χ1n) is 49.7. The molecule has 0 aliphatic carbocycles. The normalized spacial score (nSPS) is 16.1. The fraction of sp³-hybridized carbons (Fsp3) is 0. The van der Waals surface area contributed by atoms with E-state index in [-0.39, 0.29) is 99.5 Å². The summed E-state index contributed by atoms with van der Waals surface area (Å²) in [6, 6.07) is 51.4. The van der Waals surface area contributed by atoms with E-state index in [2.05, 4.69) is 0 Å². The van der Waals surface area contributed by atoms with E-state index in [1.54, 1.807) is 36.4 Å². The SMILES string of the molecule is [2H]c1c([2H])c([2H])c(N(c2ccc(-n3c4c([2H])c([2H])c([2H])c([2H])c4c4c([2H])c([2H])c([2H])c([2H])c43)cc2)c2ccc3c(c2)N(c2cc(-c4ccccc4)cc(-c4ccccc4)c2)c2cc(-n4c5c([2H])c([2H])c([2H])c([2H])c5c5c([2H])c([2H])c([2H])c([2H])c54)cc4c2B3c2ccc(-n3c5c([2H])c([2H])c([2H])c([2H])c5c5c([2H])c([2H])c([2H])c([2H])c53)cc2N4c2cc(-c3ccccc3)cc(-c3ccccc3)c2)c([2H])c1[2H]. The van der Waals surface area contributed by atoms with Gasteiger partial charge >= 0.3 is 0 Å². The number of hydrogen-bond acceptors (Lipinski definition) is 3. The van der Waals surface area contributed by atoms with Crippen LogP contribution in [0.15, 0.2) is 406 Å². The molecule has 508 valence electrons. The molecule has 2 aliphatic rings. The molecule has 2 aliphatic heterocycles. The fourth-order valence-electron chi connectivity index (χ4n) is 16.1. The van der Waals surface area contributed by atoms with Crippen molar-refractivity contribution in [1.29, 1.82) is 0 Å². The Labute approximate surface area is 672 Å². The number of hydrogen-bond donors (Lipinski definition) is 0. The summed E-state index contributed by atoms with van der Waals surface area (Å²) < 4.78 is 279. The van der Waals surface area contributed by atoms with Gasteiger partial charge in [-0.05, 0) is 206 Å². The highest BCUT2D eigenvalue weighted by Gasteiger charge is 2.45. The minimum Gasteiger partial charge on any atom is -0.311 e. The maximum Gasteiger partial charge on any atom is 0.252 e. The highest BCUT2D eigenvalue weighted by molar-refractivity contribution is 7.00. The predicted octanol–water partition coefficient (Wildman–Crippen LogP) is 25.2. The van der Waals surface area contributed by atoms with Gasteiger partial charge in [0.2, 0.25) is 0 Å². The number of rotatable bonds is 12. The molecule has 109 heavy (non-hydrogen) atoms. The van der Waals surface area contributed by atoms with Crippen molar-refractivity contribution >= 4 is 140 Å². The second-order valence-corrected chi connectivity index (χ2v) is 26.7. The summed E-state index contributed by atoms with van der Waals surface area (Å²) in [5, 5.41) is -1.32. The van der Waals surface area contributed by atoms with Crippen molar-refractivity contribution in [1.82, 2.24) is 13.7 Å². The van der Waals surface area contributed by atoms with Crippen molar-refractivity contribution in [2.75, 3.05) is 14.7 Å². The molecule has 0 N–H and O–H groups in total. The average molecular weight is 1420 g/mol. The number of nitrogens with zero attached hydrogens (tertiary/aromatic N) is 6. The molecule has 17 aromatic carbocycles. The van der Waals surface area contributed by atoms with E-state index in [1.165, 1.54) is 42.9 Å². The number of anilines is 9. The monoisotopic (exact) mass is 1420 g/mol. The van der Waals surface area contributed by atoms with Gasteiger partial charge in [-0.15, -0.1) is 0 Å². The second-order valence-electron chi connectivity index (χ2n) is 26.7. The Bertz CT molecular complexity index is 8470. The highest BCUT2D eigenvalue weighted by atomic mass is 15.2. The lowest BCUT2D eigenvalue weighted by Gasteiger charge is -2.45. The zero-order chi connectivity index (χ0) is 96.9. The van der Waals surface area contributed by atoms with Crippen LogP contribution in [0, 0.1) is 0 Å². The Kier molecular flexibility index (Phi) is 9.15. The van der Waals surface area contributed by atoms with Crippen molar-refractivity contribution in [2.45, 2.75) is 0 Å². The van der Waals surface area contributed by atoms with E-state index in [0.29, 0.717) is 67.1 Å². The molecule has 0 fully saturated rings. The standard InChI is InChI=1S/C102H67BN6/c1-6-28-68(29-7-1)72-58-73(69-30-8-2-9-31-69)61-81(60-72)108-98-64-79(104(76-36-14-5-15-37-76)77-50-52-78(53-51-77)105-92-44-22-16-38-84(92)85-39-17-23-45-93(85)105)54-56-90(98)103-91-57-55-80(106-94-46-24-18-40-86(94)87-41-19-25-47-95(87)106)65-99(91)109(82-62-74(70-32-10-3-11-33-70)59-75(63-82)71-34-12-4-13-35-71)101-67-83(66-100(108)102(101)103)107-96-48-26-20-42-88(96)89-43-21-27-49-97(89)107/h1-67H/i5D,14D,15D,16D,17D,18D,19D,20D,21D,22D,23D,24D,25D,26D,27D,36D,37D,38D,39D,40D,41D,42D,43D,44D,45D,46D,47D,48D,49D. The molecule has 0 amide bonds. The van der Waals surface area contributed by atoms with Crippen LogP contribution in [0.2, 0.25) is 0 Å².